The molecule has 0 saturated heterocycles. The summed E-state index contributed by atoms with van der Waals surface area (Å²) in [5.41, 5.74) is 5.66. The molecule has 0 aliphatic heterocycles. The van der Waals surface area contributed by atoms with Gasteiger partial charge >= 0.3 is 0 Å². The van der Waals surface area contributed by atoms with Crippen molar-refractivity contribution in [2.24, 2.45) is 4.76 Å². The molecule has 0 fully saturated rings. The molecule has 0 radical (unpaired) electrons. The van der Waals surface area contributed by atoms with Crippen molar-refractivity contribution in [3.8, 4) is 11.6 Å². The molecule has 2 rings (SSSR count). The number of nitrogens with zero attached hydrogens (tertiary/aromatic N) is 1. The number of hydrogen-bond donors (Lipinski definition) is 1. The van der Waals surface area contributed by atoms with Gasteiger partial charge in [0.25, 0.3) is 5.91 Å². The Bertz CT molecular complexity index is 839. The summed E-state index contributed by atoms with van der Waals surface area (Å²) in [4.78, 5) is 12.3. The van der Waals surface area contributed by atoms with E-state index in [0.29, 0.717) is 5.57 Å². The lowest BCUT2D eigenvalue weighted by atomic mass is 10.1. The van der Waals surface area contributed by atoms with Crippen molar-refractivity contribution in [2.45, 2.75) is 33.1 Å². The first-order valence-corrected chi connectivity index (χ1v) is 10.2. The largest absolute Gasteiger partial charge is 0.500 e. The number of amides is 1. The van der Waals surface area contributed by atoms with Gasteiger partial charge in [0.2, 0.25) is 0 Å². The fraction of sp³-hybridized carbons (Fsp3) is 0.273. The van der Waals surface area contributed by atoms with Gasteiger partial charge in [-0.05, 0) is 55.9 Å². The van der Waals surface area contributed by atoms with Crippen molar-refractivity contribution >= 4 is 26.4 Å². The van der Waals surface area contributed by atoms with E-state index < -0.39 is 8.07 Å². The summed E-state index contributed by atoms with van der Waals surface area (Å²) in [6, 6.07) is 7.84. The van der Waals surface area contributed by atoms with Crippen LogP contribution in [0.15, 0.2) is 63.9 Å². The van der Waals surface area contributed by atoms with Gasteiger partial charge in [-0.3, -0.25) is 9.56 Å². The topological polar surface area (TPSA) is 50.7 Å². The van der Waals surface area contributed by atoms with E-state index in [1.807, 2.05) is 30.3 Å². The summed E-state index contributed by atoms with van der Waals surface area (Å²) in [5, 5.41) is 3.87. The highest BCUT2D eigenvalue weighted by Crippen LogP contribution is 2.49. The van der Waals surface area contributed by atoms with Crippen LogP contribution in [-0.4, -0.2) is 19.7 Å². The average Bonchev–Trinajstić information content (AvgIpc) is 2.71. The molecule has 27 heavy (non-hydrogen) atoms. The van der Waals surface area contributed by atoms with Gasteiger partial charge in [-0.2, -0.15) is 0 Å². The van der Waals surface area contributed by atoms with Crippen molar-refractivity contribution in [1.29, 1.82) is 0 Å². The monoisotopic (exact) mass is 380 g/mol. The van der Waals surface area contributed by atoms with Crippen LogP contribution in [0.3, 0.4) is 0 Å². The van der Waals surface area contributed by atoms with Gasteiger partial charge in [0.15, 0.2) is 0 Å². The minimum atomic E-state index is -1.08. The Labute approximate surface area is 162 Å². The minimum absolute atomic E-state index is 0.168. The Hall–Kier alpha value is -2.63. The quantitative estimate of drug-likeness (QED) is 0.311. The Morgan fingerprint density at radius 3 is 2.78 bits per heavy atom. The standard InChI is InChI=1S/C22H25N2O2P/c1-5-18-12-14-19(15-13-18)24-22(25)17(2)9-8-16-27(23-3)21-11-7-6-10-20(21)26-4/h7,9,11-15H,3,5-6,10H2,1-2,4H3,(H,24,25)/b17-9+. The van der Waals surface area contributed by atoms with Crippen LogP contribution in [0.4, 0.5) is 5.69 Å². The first-order valence-electron chi connectivity index (χ1n) is 8.87. The lowest BCUT2D eigenvalue weighted by molar-refractivity contribution is -0.112. The van der Waals surface area contributed by atoms with E-state index >= 15 is 0 Å². The van der Waals surface area contributed by atoms with E-state index in [9.17, 15) is 4.79 Å². The molecule has 0 heterocycles. The molecule has 5 heteroatoms. The maximum atomic E-state index is 12.3. The maximum absolute atomic E-state index is 12.3. The molecular weight excluding hydrogens is 355 g/mol. The number of nitrogens with one attached hydrogen (secondary N) is 1. The van der Waals surface area contributed by atoms with Crippen LogP contribution in [-0.2, 0) is 16.0 Å². The molecule has 4 nitrogen and oxygen atoms in total. The zero-order valence-corrected chi connectivity index (χ0v) is 17.0. The van der Waals surface area contributed by atoms with Gasteiger partial charge in [-0.1, -0.05) is 37.1 Å². The number of carbonyl (C=O) groups is 1. The number of rotatable bonds is 6. The first-order chi connectivity index (χ1) is 13.1. The zero-order chi connectivity index (χ0) is 19.6. The predicted molar refractivity (Wildman–Crippen MR) is 115 cm³/mol. The van der Waals surface area contributed by atoms with E-state index in [0.717, 1.165) is 36.0 Å². The van der Waals surface area contributed by atoms with Crippen LogP contribution < -0.4 is 5.32 Å². The zero-order valence-electron chi connectivity index (χ0n) is 16.1. The number of carbonyl (C=O) groups excluding carboxylic acids is 1. The van der Waals surface area contributed by atoms with Crippen molar-refractivity contribution in [3.63, 3.8) is 0 Å². The summed E-state index contributed by atoms with van der Waals surface area (Å²) in [6.45, 7) is 7.50. The molecule has 1 aromatic rings. The number of ether oxygens (including phenoxy) is 1. The van der Waals surface area contributed by atoms with Gasteiger partial charge in [0, 0.05) is 23.0 Å². The summed E-state index contributed by atoms with van der Waals surface area (Å²) in [7, 11) is 0.585. The molecule has 1 unspecified atom stereocenters. The maximum Gasteiger partial charge on any atom is 0.251 e. The molecule has 1 N–H and O–H groups in total. The number of allylic oxidation sites excluding steroid dienone is 5. The van der Waals surface area contributed by atoms with Crippen molar-refractivity contribution < 1.29 is 9.53 Å². The van der Waals surface area contributed by atoms with Crippen LogP contribution in [0.5, 0.6) is 0 Å². The number of anilines is 1. The molecule has 0 spiro atoms. The van der Waals surface area contributed by atoms with Gasteiger partial charge in [-0.15, -0.1) is 0 Å². The van der Waals surface area contributed by atoms with Gasteiger partial charge in [0.1, 0.15) is 13.8 Å². The van der Waals surface area contributed by atoms with Crippen LogP contribution in [0.1, 0.15) is 32.3 Å². The molecular formula is C22H25N2O2P. The molecule has 0 saturated carbocycles. The van der Waals surface area contributed by atoms with Crippen molar-refractivity contribution in [2.75, 3.05) is 12.4 Å². The van der Waals surface area contributed by atoms with Crippen LogP contribution in [0, 0.1) is 11.6 Å². The molecule has 1 aliphatic carbocycles. The summed E-state index contributed by atoms with van der Waals surface area (Å²) < 4.78 is 9.60. The third-order valence-electron chi connectivity index (χ3n) is 4.15. The smallest absolute Gasteiger partial charge is 0.251 e. The number of aryl methyl sites for hydroxylation is 1. The van der Waals surface area contributed by atoms with E-state index in [1.165, 1.54) is 5.56 Å². The Kier molecular flexibility index (Phi) is 8.04. The van der Waals surface area contributed by atoms with Crippen LogP contribution in [0.25, 0.3) is 0 Å². The lowest BCUT2D eigenvalue weighted by Gasteiger charge is -2.16. The minimum Gasteiger partial charge on any atom is -0.500 e. The second-order valence-electron chi connectivity index (χ2n) is 5.99. The number of benzene rings is 1. The second-order valence-corrected chi connectivity index (χ2v) is 7.61. The number of hydrogen-bond acceptors (Lipinski definition) is 3. The predicted octanol–water partition coefficient (Wildman–Crippen LogP) is 5.40. The number of methoxy groups -OCH3 is 1. The molecule has 1 aliphatic rings. The molecule has 1 amide bonds. The molecule has 1 aromatic carbocycles. The van der Waals surface area contributed by atoms with Gasteiger partial charge in [0.05, 0.1) is 7.11 Å². The molecule has 0 bridgehead atoms. The summed E-state index contributed by atoms with van der Waals surface area (Å²) in [5.74, 6) is 3.71. The van der Waals surface area contributed by atoms with Crippen LogP contribution in [0.2, 0.25) is 0 Å². The summed E-state index contributed by atoms with van der Waals surface area (Å²) >= 11 is 0. The lowest BCUT2D eigenvalue weighted by Crippen LogP contribution is -2.12. The third-order valence-corrected chi connectivity index (χ3v) is 5.63. The first kappa shape index (κ1) is 20.7. The van der Waals surface area contributed by atoms with Crippen molar-refractivity contribution in [1.82, 2.24) is 0 Å². The highest BCUT2D eigenvalue weighted by Gasteiger charge is 2.16. The normalized spacial score (nSPS) is 14.9. The van der Waals surface area contributed by atoms with E-state index in [2.05, 4.69) is 41.4 Å². The van der Waals surface area contributed by atoms with Gasteiger partial charge < -0.3 is 10.1 Å². The van der Waals surface area contributed by atoms with E-state index in [1.54, 1.807) is 20.1 Å². The fourth-order valence-electron chi connectivity index (χ4n) is 2.52. The average molecular weight is 380 g/mol. The highest BCUT2D eigenvalue weighted by molar-refractivity contribution is 7.66. The van der Waals surface area contributed by atoms with E-state index in [-0.39, 0.29) is 5.91 Å². The highest BCUT2D eigenvalue weighted by atomic mass is 31.1. The summed E-state index contributed by atoms with van der Waals surface area (Å²) in [6.07, 6.45) is 8.51. The van der Waals surface area contributed by atoms with E-state index in [4.69, 9.17) is 4.74 Å². The second kappa shape index (κ2) is 10.5. The fourth-order valence-corrected chi connectivity index (χ4v) is 3.73. The van der Waals surface area contributed by atoms with Gasteiger partial charge in [-0.25, -0.2) is 0 Å². The molecule has 0 aromatic heterocycles. The van der Waals surface area contributed by atoms with Crippen molar-refractivity contribution in [3.05, 3.63) is 64.7 Å². The Morgan fingerprint density at radius 1 is 1.41 bits per heavy atom. The van der Waals surface area contributed by atoms with Crippen LogP contribution >= 0.6 is 8.07 Å². The Balaban J connectivity index is 2.07. The molecule has 1 atom stereocenters. The molecule has 140 valence electrons. The Morgan fingerprint density at radius 2 is 2.15 bits per heavy atom. The third kappa shape index (κ3) is 5.94. The SMILES string of the molecule is C=NP(C#C/C=C(\C)C(=O)Nc1ccc(CC)cc1)C1=C(OC)CCC=C1.